The maximum atomic E-state index is 13.2. The van der Waals surface area contributed by atoms with Crippen LogP contribution in [0.2, 0.25) is 5.02 Å². The summed E-state index contributed by atoms with van der Waals surface area (Å²) < 4.78 is 11.4. The van der Waals surface area contributed by atoms with Crippen LogP contribution in [0.5, 0.6) is 0 Å². The number of hydrogen-bond acceptors (Lipinski definition) is 5. The van der Waals surface area contributed by atoms with Crippen LogP contribution in [0.15, 0.2) is 53.5 Å². The van der Waals surface area contributed by atoms with Crippen molar-refractivity contribution in [2.45, 2.75) is 31.9 Å². The lowest BCUT2D eigenvalue weighted by Crippen LogP contribution is -2.50. The van der Waals surface area contributed by atoms with Gasteiger partial charge in [0.15, 0.2) is 10.9 Å². The third-order valence-corrected chi connectivity index (χ3v) is 5.77. The first-order valence-electron chi connectivity index (χ1n) is 10.3. The molecule has 2 atom stereocenters. The molecule has 0 aliphatic carbocycles. The van der Waals surface area contributed by atoms with E-state index in [0.717, 1.165) is 16.8 Å². The molecular weight excluding hydrogens is 448 g/mol. The number of anilines is 1. The van der Waals surface area contributed by atoms with E-state index in [-0.39, 0.29) is 12.0 Å². The number of thiocarbonyl (C=S) groups is 1. The van der Waals surface area contributed by atoms with Gasteiger partial charge in [-0.25, -0.2) is 4.99 Å². The number of halogens is 1. The third-order valence-electron chi connectivity index (χ3n) is 5.27. The number of amides is 1. The zero-order valence-corrected chi connectivity index (χ0v) is 19.7. The second-order valence-electron chi connectivity index (χ2n) is 8.11. The van der Waals surface area contributed by atoms with Gasteiger partial charge < -0.3 is 25.0 Å². The molecule has 0 bridgehead atoms. The summed E-state index contributed by atoms with van der Waals surface area (Å²) >= 11 is 11.7. The van der Waals surface area contributed by atoms with Crippen molar-refractivity contribution in [3.05, 3.63) is 64.7 Å². The standard InChI is InChI=1S/C23H25ClN4O3S/c1-23(2)30-13-16(31-23)12-25-22(32)27-20-21(29)28(3)18-10-9-15(24)11-17(18)19(26-20)14-7-5-4-6-8-14/h4-11,16,20H,12-13H2,1-3H3,(H2,25,27,32). The average molecular weight is 473 g/mol. The van der Waals surface area contributed by atoms with Gasteiger partial charge in [0.25, 0.3) is 5.91 Å². The highest BCUT2D eigenvalue weighted by Gasteiger charge is 2.33. The van der Waals surface area contributed by atoms with E-state index in [0.29, 0.717) is 29.0 Å². The SMILES string of the molecule is CN1C(=O)C(NC(=S)NCC2COC(C)(C)O2)N=C(c2ccccc2)c2cc(Cl)ccc21. The van der Waals surface area contributed by atoms with Crippen LogP contribution in [0.1, 0.15) is 25.0 Å². The minimum Gasteiger partial charge on any atom is -0.360 e. The smallest absolute Gasteiger partial charge is 0.272 e. The zero-order valence-electron chi connectivity index (χ0n) is 18.1. The normalized spacial score (nSPS) is 22.1. The summed E-state index contributed by atoms with van der Waals surface area (Å²) in [5.74, 6) is -0.839. The Morgan fingerprint density at radius 2 is 2.03 bits per heavy atom. The summed E-state index contributed by atoms with van der Waals surface area (Å²) in [4.78, 5) is 19.6. The van der Waals surface area contributed by atoms with Gasteiger partial charge in [-0.05, 0) is 44.3 Å². The monoisotopic (exact) mass is 472 g/mol. The number of hydrogen-bond donors (Lipinski definition) is 2. The van der Waals surface area contributed by atoms with Crippen molar-refractivity contribution >= 4 is 46.2 Å². The highest BCUT2D eigenvalue weighted by Crippen LogP contribution is 2.30. The van der Waals surface area contributed by atoms with Crippen molar-refractivity contribution in [2.75, 3.05) is 25.1 Å². The summed E-state index contributed by atoms with van der Waals surface area (Å²) in [5.41, 5.74) is 3.05. The summed E-state index contributed by atoms with van der Waals surface area (Å²) in [6.45, 7) is 4.66. The highest BCUT2D eigenvalue weighted by molar-refractivity contribution is 7.80. The Bertz CT molecular complexity index is 1060. The Morgan fingerprint density at radius 1 is 1.28 bits per heavy atom. The van der Waals surface area contributed by atoms with Crippen LogP contribution in [0, 0.1) is 0 Å². The largest absolute Gasteiger partial charge is 0.360 e. The molecule has 1 saturated heterocycles. The summed E-state index contributed by atoms with van der Waals surface area (Å²) in [7, 11) is 1.72. The number of benzene rings is 2. The van der Waals surface area contributed by atoms with Crippen molar-refractivity contribution in [1.29, 1.82) is 0 Å². The number of likely N-dealkylation sites (N-methyl/N-ethyl adjacent to an activating group) is 1. The number of rotatable bonds is 4. The Labute approximate surface area is 197 Å². The molecule has 2 aromatic carbocycles. The Kier molecular flexibility index (Phi) is 6.48. The number of nitrogens with zero attached hydrogens (tertiary/aromatic N) is 2. The molecule has 0 radical (unpaired) electrons. The molecule has 7 nitrogen and oxygen atoms in total. The second kappa shape index (κ2) is 9.15. The zero-order chi connectivity index (χ0) is 22.9. The highest BCUT2D eigenvalue weighted by atomic mass is 35.5. The van der Waals surface area contributed by atoms with Gasteiger partial charge in [0.1, 0.15) is 6.10 Å². The predicted octanol–water partition coefficient (Wildman–Crippen LogP) is 3.10. The van der Waals surface area contributed by atoms with E-state index in [2.05, 4.69) is 10.6 Å². The first kappa shape index (κ1) is 22.7. The number of fused-ring (bicyclic) bond motifs is 1. The van der Waals surface area contributed by atoms with Crippen molar-refractivity contribution in [2.24, 2.45) is 4.99 Å². The fourth-order valence-corrected chi connectivity index (χ4v) is 4.08. The molecule has 0 spiro atoms. The number of carbonyl (C=O) groups excluding carboxylic acids is 1. The molecule has 0 aromatic heterocycles. The van der Waals surface area contributed by atoms with Crippen molar-refractivity contribution in [3.63, 3.8) is 0 Å². The van der Waals surface area contributed by atoms with E-state index >= 15 is 0 Å². The van der Waals surface area contributed by atoms with Gasteiger partial charge in [0, 0.05) is 29.7 Å². The van der Waals surface area contributed by atoms with Crippen LogP contribution in [-0.4, -0.2) is 55.0 Å². The van der Waals surface area contributed by atoms with E-state index in [4.69, 9.17) is 38.3 Å². The van der Waals surface area contributed by atoms with Crippen molar-refractivity contribution in [3.8, 4) is 0 Å². The number of ether oxygens (including phenoxy) is 2. The van der Waals surface area contributed by atoms with Gasteiger partial charge >= 0.3 is 0 Å². The third kappa shape index (κ3) is 4.94. The van der Waals surface area contributed by atoms with Gasteiger partial charge in [0.05, 0.1) is 18.0 Å². The molecule has 2 N–H and O–H groups in total. The fourth-order valence-electron chi connectivity index (χ4n) is 3.71. The van der Waals surface area contributed by atoms with Gasteiger partial charge in [-0.15, -0.1) is 0 Å². The molecule has 2 unspecified atom stereocenters. The fraction of sp³-hybridized carbons (Fsp3) is 0.348. The van der Waals surface area contributed by atoms with E-state index in [9.17, 15) is 4.79 Å². The van der Waals surface area contributed by atoms with Gasteiger partial charge in [-0.2, -0.15) is 0 Å². The molecule has 2 aliphatic rings. The van der Waals surface area contributed by atoms with Crippen molar-refractivity contribution < 1.29 is 14.3 Å². The number of nitrogens with one attached hydrogen (secondary N) is 2. The molecule has 0 saturated carbocycles. The van der Waals surface area contributed by atoms with Crippen LogP contribution in [0.3, 0.4) is 0 Å². The average Bonchev–Trinajstić information content (AvgIpc) is 3.09. The Morgan fingerprint density at radius 3 is 2.72 bits per heavy atom. The Hall–Kier alpha value is -2.52. The quantitative estimate of drug-likeness (QED) is 0.666. The number of aliphatic imine (C=N–C) groups is 1. The summed E-state index contributed by atoms with van der Waals surface area (Å²) in [6, 6.07) is 15.1. The van der Waals surface area contributed by atoms with Crippen LogP contribution in [0.25, 0.3) is 0 Å². The molecule has 1 amide bonds. The molecule has 4 rings (SSSR count). The lowest BCUT2D eigenvalue weighted by atomic mass is 10.0. The summed E-state index contributed by atoms with van der Waals surface area (Å²) in [6.07, 6.45) is -1.04. The molecule has 2 aromatic rings. The Balaban J connectivity index is 1.58. The molecule has 2 aliphatic heterocycles. The number of benzodiazepines with no additional fused rings is 1. The minimum atomic E-state index is -0.904. The lowest BCUT2D eigenvalue weighted by molar-refractivity contribution is -0.137. The van der Waals surface area contributed by atoms with Crippen LogP contribution < -0.4 is 15.5 Å². The molecule has 9 heteroatoms. The predicted molar refractivity (Wildman–Crippen MR) is 129 cm³/mol. The topological polar surface area (TPSA) is 75.2 Å². The van der Waals surface area contributed by atoms with E-state index in [1.54, 1.807) is 18.0 Å². The van der Waals surface area contributed by atoms with Crippen molar-refractivity contribution in [1.82, 2.24) is 10.6 Å². The van der Waals surface area contributed by atoms with Crippen LogP contribution >= 0.6 is 23.8 Å². The molecule has 32 heavy (non-hydrogen) atoms. The van der Waals surface area contributed by atoms with Gasteiger partial charge in [0.2, 0.25) is 6.17 Å². The van der Waals surface area contributed by atoms with E-state index in [1.807, 2.05) is 56.3 Å². The minimum absolute atomic E-state index is 0.132. The number of carbonyl (C=O) groups is 1. The van der Waals surface area contributed by atoms with E-state index < -0.39 is 12.0 Å². The molecular formula is C23H25ClN4O3S. The van der Waals surface area contributed by atoms with E-state index in [1.165, 1.54) is 0 Å². The first-order valence-corrected chi connectivity index (χ1v) is 11.1. The van der Waals surface area contributed by atoms with Gasteiger partial charge in [-0.3, -0.25) is 4.79 Å². The summed E-state index contributed by atoms with van der Waals surface area (Å²) in [5, 5.41) is 7.03. The maximum Gasteiger partial charge on any atom is 0.272 e. The van der Waals surface area contributed by atoms with Gasteiger partial charge in [-0.1, -0.05) is 41.9 Å². The second-order valence-corrected chi connectivity index (χ2v) is 8.95. The lowest BCUT2D eigenvalue weighted by Gasteiger charge is -2.22. The molecule has 2 heterocycles. The first-order chi connectivity index (χ1) is 15.2. The maximum absolute atomic E-state index is 13.2. The molecule has 1 fully saturated rings. The van der Waals surface area contributed by atoms with Crippen LogP contribution in [0.4, 0.5) is 5.69 Å². The molecule has 168 valence electrons. The van der Waals surface area contributed by atoms with Crippen LogP contribution in [-0.2, 0) is 14.3 Å².